The lowest BCUT2D eigenvalue weighted by atomic mass is 10.1. The molecule has 1 fully saturated rings. The van der Waals surface area contributed by atoms with Gasteiger partial charge in [0.15, 0.2) is 0 Å². The fraction of sp³-hybridized carbons (Fsp3) is 0.438. The summed E-state index contributed by atoms with van der Waals surface area (Å²) in [6, 6.07) is 11.0. The van der Waals surface area contributed by atoms with Crippen molar-refractivity contribution in [2.45, 2.75) is 31.8 Å². The molecule has 0 bridgehead atoms. The normalized spacial score (nSPS) is 23.0. The summed E-state index contributed by atoms with van der Waals surface area (Å²) >= 11 is 6.03. The number of hydrogen-bond donors (Lipinski definition) is 1. The topological polar surface area (TPSA) is 24.9 Å². The largest absolute Gasteiger partial charge is 0.310 e. The van der Waals surface area contributed by atoms with E-state index < -0.39 is 0 Å². The molecule has 1 heterocycles. The number of halogens is 1. The van der Waals surface area contributed by atoms with Crippen molar-refractivity contribution in [1.29, 1.82) is 0 Å². The molecule has 1 aromatic heterocycles. The van der Waals surface area contributed by atoms with E-state index >= 15 is 0 Å². The molecule has 0 spiro atoms. The van der Waals surface area contributed by atoms with E-state index in [1.165, 1.54) is 30.2 Å². The van der Waals surface area contributed by atoms with Gasteiger partial charge in [0.05, 0.1) is 5.52 Å². The number of alkyl halides is 1. The highest BCUT2D eigenvalue weighted by Gasteiger charge is 2.25. The van der Waals surface area contributed by atoms with E-state index in [-0.39, 0.29) is 0 Å². The zero-order valence-electron chi connectivity index (χ0n) is 11.0. The summed E-state index contributed by atoms with van der Waals surface area (Å²) < 4.78 is 0. The fourth-order valence-electron chi connectivity index (χ4n) is 3.04. The zero-order valence-corrected chi connectivity index (χ0v) is 11.7. The first-order valence-corrected chi connectivity index (χ1v) is 7.54. The van der Waals surface area contributed by atoms with E-state index in [2.05, 4.69) is 34.6 Å². The molecule has 100 valence electrons. The average molecular weight is 275 g/mol. The van der Waals surface area contributed by atoms with Crippen LogP contribution >= 0.6 is 11.6 Å². The van der Waals surface area contributed by atoms with Crippen molar-refractivity contribution < 1.29 is 0 Å². The minimum absolute atomic E-state index is 0.566. The molecule has 1 aliphatic carbocycles. The Kier molecular flexibility index (Phi) is 4.00. The number of pyridine rings is 1. The predicted octanol–water partition coefficient (Wildman–Crippen LogP) is 3.73. The molecule has 3 rings (SSSR count). The number of nitrogens with one attached hydrogen (secondary N) is 1. The Bertz CT molecular complexity index is 550. The first kappa shape index (κ1) is 12.9. The number of para-hydroxylation sites is 1. The number of aromatic nitrogens is 1. The summed E-state index contributed by atoms with van der Waals surface area (Å²) in [5.74, 6) is 1.40. The van der Waals surface area contributed by atoms with Crippen LogP contribution in [0.5, 0.6) is 0 Å². The van der Waals surface area contributed by atoms with Gasteiger partial charge in [0.1, 0.15) is 0 Å². The third kappa shape index (κ3) is 2.75. The molecule has 19 heavy (non-hydrogen) atoms. The van der Waals surface area contributed by atoms with Gasteiger partial charge in [-0.2, -0.15) is 0 Å². The average Bonchev–Trinajstić information content (AvgIpc) is 2.92. The van der Waals surface area contributed by atoms with Crippen LogP contribution in [0.15, 0.2) is 36.5 Å². The Morgan fingerprint density at radius 2 is 2.11 bits per heavy atom. The molecular weight excluding hydrogens is 256 g/mol. The van der Waals surface area contributed by atoms with E-state index in [1.54, 1.807) is 0 Å². The van der Waals surface area contributed by atoms with Crippen LogP contribution in [0.4, 0.5) is 0 Å². The highest BCUT2D eigenvalue weighted by Crippen LogP contribution is 2.27. The lowest BCUT2D eigenvalue weighted by Gasteiger charge is -2.19. The van der Waals surface area contributed by atoms with Gasteiger partial charge in [-0.3, -0.25) is 4.98 Å². The van der Waals surface area contributed by atoms with Gasteiger partial charge in [-0.1, -0.05) is 30.7 Å². The van der Waals surface area contributed by atoms with Crippen molar-refractivity contribution in [2.75, 3.05) is 5.88 Å². The summed E-state index contributed by atoms with van der Waals surface area (Å²) in [6.07, 6.45) is 5.66. The molecular formula is C16H19ClN2. The van der Waals surface area contributed by atoms with Crippen molar-refractivity contribution in [3.63, 3.8) is 0 Å². The standard InChI is InChI=1S/C16H19ClN2/c17-10-13-5-2-8-15(13)19-11-14-6-1-4-12-7-3-9-18-16(12)14/h1,3-4,6-7,9,13,15,19H,2,5,8,10-11H2. The molecule has 2 atom stereocenters. The van der Waals surface area contributed by atoms with Crippen LogP contribution in [-0.4, -0.2) is 16.9 Å². The van der Waals surface area contributed by atoms with Crippen LogP contribution < -0.4 is 5.32 Å². The van der Waals surface area contributed by atoms with Crippen LogP contribution in [0.25, 0.3) is 10.9 Å². The molecule has 0 saturated heterocycles. The van der Waals surface area contributed by atoms with Gasteiger partial charge in [-0.05, 0) is 30.4 Å². The maximum atomic E-state index is 6.03. The third-order valence-electron chi connectivity index (χ3n) is 4.13. The SMILES string of the molecule is ClCC1CCCC1NCc1cccc2cccnc12. The molecule has 1 N–H and O–H groups in total. The van der Waals surface area contributed by atoms with Crippen molar-refractivity contribution in [3.8, 4) is 0 Å². The molecule has 2 nitrogen and oxygen atoms in total. The van der Waals surface area contributed by atoms with Gasteiger partial charge in [0, 0.05) is 30.0 Å². The van der Waals surface area contributed by atoms with Crippen LogP contribution in [0.2, 0.25) is 0 Å². The minimum atomic E-state index is 0.566. The van der Waals surface area contributed by atoms with Crippen molar-refractivity contribution in [2.24, 2.45) is 5.92 Å². The highest BCUT2D eigenvalue weighted by atomic mass is 35.5. The van der Waals surface area contributed by atoms with Gasteiger partial charge >= 0.3 is 0 Å². The second kappa shape index (κ2) is 5.89. The summed E-state index contributed by atoms with van der Waals surface area (Å²) in [5, 5.41) is 4.88. The molecule has 0 aliphatic heterocycles. The Balaban J connectivity index is 1.75. The lowest BCUT2D eigenvalue weighted by molar-refractivity contribution is 0.430. The smallest absolute Gasteiger partial charge is 0.0746 e. The Labute approximate surface area is 119 Å². The van der Waals surface area contributed by atoms with Crippen LogP contribution in [0, 0.1) is 5.92 Å². The Hall–Kier alpha value is -1.12. The van der Waals surface area contributed by atoms with Crippen LogP contribution in [-0.2, 0) is 6.54 Å². The first-order chi connectivity index (χ1) is 9.38. The van der Waals surface area contributed by atoms with Crippen LogP contribution in [0.1, 0.15) is 24.8 Å². The molecule has 1 aliphatic rings. The van der Waals surface area contributed by atoms with Gasteiger partial charge in [0.25, 0.3) is 0 Å². The molecule has 0 radical (unpaired) electrons. The van der Waals surface area contributed by atoms with E-state index in [0.29, 0.717) is 12.0 Å². The maximum Gasteiger partial charge on any atom is 0.0746 e. The monoisotopic (exact) mass is 274 g/mol. The summed E-state index contributed by atoms with van der Waals surface area (Å²) in [7, 11) is 0. The maximum absolute atomic E-state index is 6.03. The molecule has 1 saturated carbocycles. The van der Waals surface area contributed by atoms with E-state index in [0.717, 1.165) is 17.9 Å². The predicted molar refractivity (Wildman–Crippen MR) is 80.4 cm³/mol. The van der Waals surface area contributed by atoms with Crippen molar-refractivity contribution in [3.05, 3.63) is 42.1 Å². The molecule has 2 aromatic rings. The number of nitrogens with zero attached hydrogens (tertiary/aromatic N) is 1. The van der Waals surface area contributed by atoms with Crippen molar-refractivity contribution in [1.82, 2.24) is 10.3 Å². The number of fused-ring (bicyclic) bond motifs is 1. The number of rotatable bonds is 4. The molecule has 1 aromatic carbocycles. The second-order valence-corrected chi connectivity index (χ2v) is 5.63. The molecule has 0 amide bonds. The van der Waals surface area contributed by atoms with E-state index in [1.807, 2.05) is 12.3 Å². The van der Waals surface area contributed by atoms with Gasteiger partial charge in [-0.15, -0.1) is 11.6 Å². The highest BCUT2D eigenvalue weighted by molar-refractivity contribution is 6.18. The van der Waals surface area contributed by atoms with E-state index in [4.69, 9.17) is 11.6 Å². The summed E-state index contributed by atoms with van der Waals surface area (Å²) in [6.45, 7) is 0.881. The fourth-order valence-corrected chi connectivity index (χ4v) is 3.41. The third-order valence-corrected chi connectivity index (χ3v) is 4.52. The minimum Gasteiger partial charge on any atom is -0.310 e. The first-order valence-electron chi connectivity index (χ1n) is 7.00. The quantitative estimate of drug-likeness (QED) is 0.860. The molecule has 3 heteroatoms. The summed E-state index contributed by atoms with van der Waals surface area (Å²) in [4.78, 5) is 4.50. The van der Waals surface area contributed by atoms with Crippen molar-refractivity contribution >= 4 is 22.5 Å². The van der Waals surface area contributed by atoms with Gasteiger partial charge < -0.3 is 5.32 Å². The van der Waals surface area contributed by atoms with Crippen LogP contribution in [0.3, 0.4) is 0 Å². The van der Waals surface area contributed by atoms with Gasteiger partial charge in [-0.25, -0.2) is 0 Å². The zero-order chi connectivity index (χ0) is 13.1. The number of benzene rings is 1. The summed E-state index contributed by atoms with van der Waals surface area (Å²) in [5.41, 5.74) is 2.39. The second-order valence-electron chi connectivity index (χ2n) is 5.32. The Morgan fingerprint density at radius 1 is 1.21 bits per heavy atom. The van der Waals surface area contributed by atoms with E-state index in [9.17, 15) is 0 Å². The van der Waals surface area contributed by atoms with Gasteiger partial charge in [0.2, 0.25) is 0 Å². The Morgan fingerprint density at radius 3 is 3.00 bits per heavy atom. The number of hydrogen-bond acceptors (Lipinski definition) is 2. The molecule has 2 unspecified atom stereocenters. The lowest BCUT2D eigenvalue weighted by Crippen LogP contribution is -2.32.